The van der Waals surface area contributed by atoms with Gasteiger partial charge in [0.25, 0.3) is 5.69 Å². The third-order valence-corrected chi connectivity index (χ3v) is 4.73. The number of esters is 1. The predicted molar refractivity (Wildman–Crippen MR) is 123 cm³/mol. The topological polar surface area (TPSA) is 146 Å². The van der Waals surface area contributed by atoms with Crippen molar-refractivity contribution in [3.63, 3.8) is 0 Å². The van der Waals surface area contributed by atoms with Crippen LogP contribution in [0.3, 0.4) is 0 Å². The van der Waals surface area contributed by atoms with E-state index in [4.69, 9.17) is 9.47 Å². The zero-order valence-corrected chi connectivity index (χ0v) is 18.5. The Balaban J connectivity index is 1.75. The molecule has 0 atom stereocenters. The maximum absolute atomic E-state index is 12.4. The van der Waals surface area contributed by atoms with E-state index in [-0.39, 0.29) is 17.2 Å². The largest absolute Gasteiger partial charge is 0.493 e. The van der Waals surface area contributed by atoms with E-state index in [0.29, 0.717) is 11.1 Å². The van der Waals surface area contributed by atoms with Gasteiger partial charge in [-0.1, -0.05) is 22.0 Å². The molecule has 3 aromatic carbocycles. The smallest absolute Gasteiger partial charge is 0.343 e. The van der Waals surface area contributed by atoms with E-state index in [1.54, 1.807) is 36.4 Å². The lowest BCUT2D eigenvalue weighted by atomic mass is 10.2. The first kappa shape index (κ1) is 23.3. The zero-order chi connectivity index (χ0) is 24.0. The van der Waals surface area contributed by atoms with Gasteiger partial charge >= 0.3 is 11.7 Å². The number of carbonyl (C=O) groups excluding carboxylic acids is 1. The van der Waals surface area contributed by atoms with Crippen molar-refractivity contribution in [2.45, 2.75) is 0 Å². The first-order valence-corrected chi connectivity index (χ1v) is 9.95. The second-order valence-electron chi connectivity index (χ2n) is 6.40. The minimum absolute atomic E-state index is 0.0200. The van der Waals surface area contributed by atoms with Gasteiger partial charge in [0.1, 0.15) is 5.69 Å². The van der Waals surface area contributed by atoms with Gasteiger partial charge in [0.05, 0.1) is 34.8 Å². The number of hydrogen-bond donors (Lipinski definition) is 1. The van der Waals surface area contributed by atoms with Gasteiger partial charge in [-0.05, 0) is 48.0 Å². The van der Waals surface area contributed by atoms with Crippen molar-refractivity contribution in [2.75, 3.05) is 12.5 Å². The molecule has 0 unspecified atom stereocenters. The SMILES string of the molecule is COc1cc(/C=N/Nc2ccc([N+](=O)[O-])cc2[N+](=O)[O-])ccc1OC(=O)c1cccc(Br)c1. The highest BCUT2D eigenvalue weighted by atomic mass is 79.9. The van der Waals surface area contributed by atoms with Crippen molar-refractivity contribution in [1.82, 2.24) is 0 Å². The fourth-order valence-corrected chi connectivity index (χ4v) is 3.08. The maximum atomic E-state index is 12.4. The molecule has 3 aromatic rings. The number of nitro benzene ring substituents is 2. The normalized spacial score (nSPS) is 10.6. The number of rotatable bonds is 8. The molecule has 0 saturated carbocycles. The molecule has 1 N–H and O–H groups in total. The number of anilines is 1. The molecule has 168 valence electrons. The number of hydrogen-bond acceptors (Lipinski definition) is 9. The van der Waals surface area contributed by atoms with Gasteiger partial charge < -0.3 is 9.47 Å². The summed E-state index contributed by atoms with van der Waals surface area (Å²) in [5, 5.41) is 25.9. The summed E-state index contributed by atoms with van der Waals surface area (Å²) in [6, 6.07) is 14.6. The number of carbonyl (C=O) groups is 1. The fourth-order valence-electron chi connectivity index (χ4n) is 2.68. The van der Waals surface area contributed by atoms with Gasteiger partial charge in [-0.15, -0.1) is 0 Å². The van der Waals surface area contributed by atoms with Crippen LogP contribution in [0.4, 0.5) is 17.1 Å². The van der Waals surface area contributed by atoms with Crippen LogP contribution >= 0.6 is 15.9 Å². The van der Waals surface area contributed by atoms with Crippen LogP contribution in [0.2, 0.25) is 0 Å². The molecule has 0 aliphatic rings. The quantitative estimate of drug-likeness (QED) is 0.146. The van der Waals surface area contributed by atoms with E-state index >= 15 is 0 Å². The minimum atomic E-state index is -0.748. The van der Waals surface area contributed by atoms with Crippen LogP contribution in [0, 0.1) is 20.2 Å². The van der Waals surface area contributed by atoms with Gasteiger partial charge in [0.2, 0.25) is 0 Å². The number of halogens is 1. The molecule has 0 spiro atoms. The lowest BCUT2D eigenvalue weighted by Crippen LogP contribution is -2.09. The highest BCUT2D eigenvalue weighted by Crippen LogP contribution is 2.30. The number of methoxy groups -OCH3 is 1. The van der Waals surface area contributed by atoms with E-state index in [9.17, 15) is 25.0 Å². The minimum Gasteiger partial charge on any atom is -0.493 e. The third kappa shape index (κ3) is 5.89. The Morgan fingerprint density at radius 2 is 1.82 bits per heavy atom. The average Bonchev–Trinajstić information content (AvgIpc) is 2.79. The monoisotopic (exact) mass is 514 g/mol. The molecule has 12 heteroatoms. The Kier molecular flexibility index (Phi) is 7.31. The second kappa shape index (κ2) is 10.3. The highest BCUT2D eigenvalue weighted by Gasteiger charge is 2.19. The molecule has 0 heterocycles. The van der Waals surface area contributed by atoms with Gasteiger partial charge in [-0.25, -0.2) is 4.79 Å². The van der Waals surface area contributed by atoms with Crippen molar-refractivity contribution >= 4 is 45.2 Å². The van der Waals surface area contributed by atoms with Crippen molar-refractivity contribution in [1.29, 1.82) is 0 Å². The summed E-state index contributed by atoms with van der Waals surface area (Å²) < 4.78 is 11.4. The molecular formula is C21H15BrN4O7. The Labute approximate surface area is 195 Å². The Hall–Kier alpha value is -4.32. The van der Waals surface area contributed by atoms with Gasteiger partial charge in [-0.2, -0.15) is 5.10 Å². The molecule has 0 aliphatic carbocycles. The number of nitrogens with zero attached hydrogens (tertiary/aromatic N) is 3. The van der Waals surface area contributed by atoms with E-state index in [0.717, 1.165) is 16.6 Å². The number of benzene rings is 3. The second-order valence-corrected chi connectivity index (χ2v) is 7.31. The first-order valence-electron chi connectivity index (χ1n) is 9.16. The van der Waals surface area contributed by atoms with Crippen LogP contribution in [0.15, 0.2) is 70.2 Å². The number of ether oxygens (including phenoxy) is 2. The van der Waals surface area contributed by atoms with Crippen LogP contribution < -0.4 is 14.9 Å². The Bertz CT molecular complexity index is 1260. The standard InChI is InChI=1S/C21H15BrN4O7/c1-32-20-9-13(5-8-19(20)33-21(27)14-3-2-4-15(22)10-14)12-23-24-17-7-6-16(25(28)29)11-18(17)26(30)31/h2-12,24H,1H3/b23-12+. The predicted octanol–water partition coefficient (Wildman–Crippen LogP) is 4.94. The summed E-state index contributed by atoms with van der Waals surface area (Å²) in [4.78, 5) is 32.9. The fraction of sp³-hybridized carbons (Fsp3) is 0.0476. The maximum Gasteiger partial charge on any atom is 0.343 e. The van der Waals surface area contributed by atoms with Crippen molar-refractivity contribution < 1.29 is 24.1 Å². The van der Waals surface area contributed by atoms with Crippen LogP contribution in [-0.2, 0) is 0 Å². The number of non-ortho nitro benzene ring substituents is 1. The summed E-state index contributed by atoms with van der Waals surface area (Å²) in [5.74, 6) is -0.106. The molecule has 0 aromatic heterocycles. The van der Waals surface area contributed by atoms with Crippen LogP contribution in [0.5, 0.6) is 11.5 Å². The summed E-state index contributed by atoms with van der Waals surface area (Å²) in [7, 11) is 1.41. The zero-order valence-electron chi connectivity index (χ0n) is 16.9. The first-order chi connectivity index (χ1) is 15.8. The van der Waals surface area contributed by atoms with Gasteiger partial charge in [0.15, 0.2) is 11.5 Å². The van der Waals surface area contributed by atoms with Crippen LogP contribution in [-0.4, -0.2) is 29.1 Å². The number of hydrazone groups is 1. The molecule has 0 saturated heterocycles. The van der Waals surface area contributed by atoms with Crippen molar-refractivity contribution in [3.05, 3.63) is 96.5 Å². The molecule has 0 radical (unpaired) electrons. The molecule has 0 aliphatic heterocycles. The lowest BCUT2D eigenvalue weighted by Gasteiger charge is -2.10. The summed E-state index contributed by atoms with van der Waals surface area (Å²) in [6.45, 7) is 0. The Morgan fingerprint density at radius 1 is 1.03 bits per heavy atom. The molecule has 0 bridgehead atoms. The summed E-state index contributed by atoms with van der Waals surface area (Å²) in [5.41, 5.74) is 2.46. The van der Waals surface area contributed by atoms with Crippen molar-refractivity contribution in [2.24, 2.45) is 5.10 Å². The Morgan fingerprint density at radius 3 is 2.48 bits per heavy atom. The van der Waals surface area contributed by atoms with Crippen LogP contribution in [0.1, 0.15) is 15.9 Å². The summed E-state index contributed by atoms with van der Waals surface area (Å²) in [6.07, 6.45) is 1.35. The summed E-state index contributed by atoms with van der Waals surface area (Å²) >= 11 is 3.30. The van der Waals surface area contributed by atoms with Crippen LogP contribution in [0.25, 0.3) is 0 Å². The van der Waals surface area contributed by atoms with Gasteiger partial charge in [-0.3, -0.25) is 25.7 Å². The van der Waals surface area contributed by atoms with Gasteiger partial charge in [0, 0.05) is 10.5 Å². The van der Waals surface area contributed by atoms with E-state index in [1.807, 2.05) is 0 Å². The number of nitrogens with one attached hydrogen (secondary N) is 1. The molecule has 33 heavy (non-hydrogen) atoms. The molecular weight excluding hydrogens is 500 g/mol. The molecule has 0 fully saturated rings. The molecule has 3 rings (SSSR count). The van der Waals surface area contributed by atoms with Crippen molar-refractivity contribution in [3.8, 4) is 11.5 Å². The molecule has 0 amide bonds. The number of nitro groups is 2. The van der Waals surface area contributed by atoms with E-state index < -0.39 is 27.2 Å². The third-order valence-electron chi connectivity index (χ3n) is 4.24. The average molecular weight is 515 g/mol. The van der Waals surface area contributed by atoms with E-state index in [1.165, 1.54) is 25.5 Å². The molecule has 11 nitrogen and oxygen atoms in total. The highest BCUT2D eigenvalue weighted by molar-refractivity contribution is 9.10. The van der Waals surface area contributed by atoms with E-state index in [2.05, 4.69) is 26.5 Å². The lowest BCUT2D eigenvalue weighted by molar-refractivity contribution is -0.393.